The molecule has 0 spiro atoms. The molecule has 4 heteroatoms. The number of methoxy groups -OCH3 is 1. The lowest BCUT2D eigenvalue weighted by Gasteiger charge is -2.35. The highest BCUT2D eigenvalue weighted by Crippen LogP contribution is 2.34. The molecule has 0 N–H and O–H groups in total. The van der Waals surface area contributed by atoms with Crippen molar-refractivity contribution in [3.05, 3.63) is 18.2 Å². The van der Waals surface area contributed by atoms with E-state index in [9.17, 15) is 0 Å². The van der Waals surface area contributed by atoms with Crippen molar-refractivity contribution in [3.8, 4) is 0 Å². The maximum Gasteiger partial charge on any atom is 0.0951 e. The van der Waals surface area contributed by atoms with Crippen molar-refractivity contribution in [2.75, 3.05) is 7.11 Å². The van der Waals surface area contributed by atoms with Gasteiger partial charge >= 0.3 is 0 Å². The number of hydrogen-bond acceptors (Lipinski definition) is 2. The highest BCUT2D eigenvalue weighted by molar-refractivity contribution is 6.16. The van der Waals surface area contributed by atoms with E-state index in [0.29, 0.717) is 18.0 Å². The van der Waals surface area contributed by atoms with E-state index in [-0.39, 0.29) is 0 Å². The van der Waals surface area contributed by atoms with E-state index in [1.165, 1.54) is 0 Å². The van der Waals surface area contributed by atoms with Gasteiger partial charge in [-0.1, -0.05) is 0 Å². The number of alkyl halides is 1. The van der Waals surface area contributed by atoms with Gasteiger partial charge in [-0.25, -0.2) is 4.98 Å². The second kappa shape index (κ2) is 3.68. The third-order valence-corrected chi connectivity index (χ3v) is 2.95. The maximum atomic E-state index is 5.78. The molecule has 1 aromatic heterocycles. The summed E-state index contributed by atoms with van der Waals surface area (Å²) in [6, 6.07) is 0.543. The standard InChI is InChI=1S/C9H13ClN2O/c1-13-9-2-7(3-9)12-6-11-5-8(12)4-10/h5-7,9H,2-4H2,1H3. The number of aromatic nitrogens is 2. The Balaban J connectivity index is 2.02. The molecule has 1 aromatic rings. The van der Waals surface area contributed by atoms with Crippen molar-refractivity contribution >= 4 is 11.6 Å². The summed E-state index contributed by atoms with van der Waals surface area (Å²) >= 11 is 5.78. The molecule has 0 atom stereocenters. The summed E-state index contributed by atoms with van der Waals surface area (Å²) in [5.41, 5.74) is 1.10. The Morgan fingerprint density at radius 3 is 3.08 bits per heavy atom. The number of imidazole rings is 1. The molecule has 72 valence electrons. The van der Waals surface area contributed by atoms with Gasteiger partial charge in [0.2, 0.25) is 0 Å². The predicted molar refractivity (Wildman–Crippen MR) is 50.9 cm³/mol. The summed E-state index contributed by atoms with van der Waals surface area (Å²) in [5, 5.41) is 0. The third kappa shape index (κ3) is 1.58. The lowest BCUT2D eigenvalue weighted by Crippen LogP contribution is -2.32. The molecule has 1 fully saturated rings. The largest absolute Gasteiger partial charge is 0.381 e. The van der Waals surface area contributed by atoms with E-state index in [4.69, 9.17) is 16.3 Å². The van der Waals surface area contributed by atoms with Crippen molar-refractivity contribution in [1.29, 1.82) is 0 Å². The third-order valence-electron chi connectivity index (χ3n) is 2.68. The Bertz CT molecular complexity index is 281. The maximum absolute atomic E-state index is 5.78. The minimum Gasteiger partial charge on any atom is -0.381 e. The first-order valence-electron chi connectivity index (χ1n) is 4.44. The van der Waals surface area contributed by atoms with Crippen LogP contribution in [0.5, 0.6) is 0 Å². The molecule has 1 saturated carbocycles. The van der Waals surface area contributed by atoms with Gasteiger partial charge in [0.1, 0.15) is 0 Å². The van der Waals surface area contributed by atoms with Crippen LogP contribution in [-0.2, 0) is 10.6 Å². The van der Waals surface area contributed by atoms with Crippen molar-refractivity contribution in [3.63, 3.8) is 0 Å². The van der Waals surface area contributed by atoms with Crippen LogP contribution in [0.3, 0.4) is 0 Å². The highest BCUT2D eigenvalue weighted by Gasteiger charge is 2.30. The van der Waals surface area contributed by atoms with Gasteiger partial charge in [-0.05, 0) is 12.8 Å². The van der Waals surface area contributed by atoms with Crippen molar-refractivity contribution in [2.24, 2.45) is 0 Å². The van der Waals surface area contributed by atoms with Crippen LogP contribution < -0.4 is 0 Å². The van der Waals surface area contributed by atoms with Crippen LogP contribution >= 0.6 is 11.6 Å². The van der Waals surface area contributed by atoms with Gasteiger partial charge < -0.3 is 9.30 Å². The first-order chi connectivity index (χ1) is 6.35. The van der Waals surface area contributed by atoms with Crippen LogP contribution in [0.15, 0.2) is 12.5 Å². The molecule has 0 saturated heterocycles. The fourth-order valence-electron chi connectivity index (χ4n) is 1.72. The van der Waals surface area contributed by atoms with E-state index in [1.807, 2.05) is 12.5 Å². The molecular weight excluding hydrogens is 188 g/mol. The monoisotopic (exact) mass is 200 g/mol. The molecule has 13 heavy (non-hydrogen) atoms. The first-order valence-corrected chi connectivity index (χ1v) is 4.98. The molecule has 1 aliphatic carbocycles. The minimum absolute atomic E-state index is 0.426. The topological polar surface area (TPSA) is 27.1 Å². The van der Waals surface area contributed by atoms with E-state index >= 15 is 0 Å². The molecule has 0 aliphatic heterocycles. The van der Waals surface area contributed by atoms with Crippen LogP contribution in [0, 0.1) is 0 Å². The lowest BCUT2D eigenvalue weighted by atomic mass is 9.89. The van der Waals surface area contributed by atoms with E-state index in [1.54, 1.807) is 7.11 Å². The fourth-order valence-corrected chi connectivity index (χ4v) is 1.93. The minimum atomic E-state index is 0.426. The summed E-state index contributed by atoms with van der Waals surface area (Å²) in [4.78, 5) is 4.08. The molecule has 0 aromatic carbocycles. The van der Waals surface area contributed by atoms with Gasteiger partial charge in [-0.3, -0.25) is 0 Å². The molecule has 1 heterocycles. The lowest BCUT2D eigenvalue weighted by molar-refractivity contribution is 0.00559. The predicted octanol–water partition coefficient (Wildman–Crippen LogP) is 1.97. The highest BCUT2D eigenvalue weighted by atomic mass is 35.5. The van der Waals surface area contributed by atoms with E-state index in [0.717, 1.165) is 18.5 Å². The molecule has 0 amide bonds. The molecular formula is C9H13ClN2O. The molecule has 0 unspecified atom stereocenters. The number of hydrogen-bond donors (Lipinski definition) is 0. The smallest absolute Gasteiger partial charge is 0.0951 e. The summed E-state index contributed by atoms with van der Waals surface area (Å²) in [6.45, 7) is 0. The number of halogens is 1. The van der Waals surface area contributed by atoms with E-state index < -0.39 is 0 Å². The molecule has 3 nitrogen and oxygen atoms in total. The first kappa shape index (κ1) is 9.03. The van der Waals surface area contributed by atoms with Gasteiger partial charge in [0.15, 0.2) is 0 Å². The zero-order valence-electron chi connectivity index (χ0n) is 7.61. The van der Waals surface area contributed by atoms with Crippen LogP contribution in [0.25, 0.3) is 0 Å². The molecule has 2 rings (SSSR count). The Kier molecular flexibility index (Phi) is 2.56. The van der Waals surface area contributed by atoms with Gasteiger partial charge in [-0.15, -0.1) is 11.6 Å². The summed E-state index contributed by atoms with van der Waals surface area (Å²) in [5.74, 6) is 0.536. The molecule has 1 aliphatic rings. The number of nitrogens with zero attached hydrogens (tertiary/aromatic N) is 2. The second-order valence-electron chi connectivity index (χ2n) is 3.41. The molecule has 0 radical (unpaired) electrons. The Morgan fingerprint density at radius 1 is 1.69 bits per heavy atom. The van der Waals surface area contributed by atoms with Crippen molar-refractivity contribution in [2.45, 2.75) is 30.9 Å². The average molecular weight is 201 g/mol. The second-order valence-corrected chi connectivity index (χ2v) is 3.68. The number of rotatable bonds is 3. The van der Waals surface area contributed by atoms with Crippen molar-refractivity contribution < 1.29 is 4.74 Å². The SMILES string of the molecule is COC1CC(n2cncc2CCl)C1. The van der Waals surface area contributed by atoms with Crippen LogP contribution in [0.4, 0.5) is 0 Å². The van der Waals surface area contributed by atoms with Crippen molar-refractivity contribution in [1.82, 2.24) is 9.55 Å². The van der Waals surface area contributed by atoms with Gasteiger partial charge in [0.25, 0.3) is 0 Å². The Labute approximate surface area is 82.7 Å². The van der Waals surface area contributed by atoms with Gasteiger partial charge in [0.05, 0.1) is 24.0 Å². The van der Waals surface area contributed by atoms with Crippen LogP contribution in [0.2, 0.25) is 0 Å². The number of ether oxygens (including phenoxy) is 1. The van der Waals surface area contributed by atoms with E-state index in [2.05, 4.69) is 9.55 Å². The zero-order chi connectivity index (χ0) is 9.26. The summed E-state index contributed by atoms with van der Waals surface area (Å²) in [6.07, 6.45) is 6.27. The summed E-state index contributed by atoms with van der Waals surface area (Å²) in [7, 11) is 1.76. The van der Waals surface area contributed by atoms with Crippen LogP contribution in [0.1, 0.15) is 24.6 Å². The quantitative estimate of drug-likeness (QED) is 0.698. The van der Waals surface area contributed by atoms with Gasteiger partial charge in [0, 0.05) is 19.3 Å². The Hall–Kier alpha value is -0.540. The fraction of sp³-hybridized carbons (Fsp3) is 0.667. The van der Waals surface area contributed by atoms with Gasteiger partial charge in [-0.2, -0.15) is 0 Å². The molecule has 0 bridgehead atoms. The summed E-state index contributed by atoms with van der Waals surface area (Å²) < 4.78 is 7.38. The Morgan fingerprint density at radius 2 is 2.46 bits per heavy atom. The van der Waals surface area contributed by atoms with Crippen LogP contribution in [-0.4, -0.2) is 22.8 Å². The zero-order valence-corrected chi connectivity index (χ0v) is 8.37. The average Bonchev–Trinajstić information content (AvgIpc) is 2.50. The normalized spacial score (nSPS) is 27.2.